The number of fused-ring (bicyclic) bond motifs is 3. The maximum absolute atomic E-state index is 7.16. The Morgan fingerprint density at radius 1 is 0.418 bits per heavy atom. The van der Waals surface area contributed by atoms with E-state index in [1.165, 1.54) is 33.5 Å². The molecule has 1 aliphatic rings. The molecule has 0 bridgehead atoms. The van der Waals surface area contributed by atoms with E-state index in [1.807, 2.05) is 6.20 Å². The monoisotopic (exact) mass is 1210 g/mol. The normalized spacial score (nSPS) is 13.6. The molecule has 10 aromatic rings. The van der Waals surface area contributed by atoms with E-state index in [-0.39, 0.29) is 37.3 Å². The minimum absolute atomic E-state index is 0. The first-order valence-corrected chi connectivity index (χ1v) is 27.4. The van der Waals surface area contributed by atoms with E-state index in [4.69, 9.17) is 9.72 Å². The van der Waals surface area contributed by atoms with Gasteiger partial charge in [0, 0.05) is 77.6 Å². The molecule has 79 heavy (non-hydrogen) atoms. The topological polar surface area (TPSA) is 33.5 Å². The van der Waals surface area contributed by atoms with E-state index >= 15 is 0 Å². The van der Waals surface area contributed by atoms with Crippen molar-refractivity contribution >= 4 is 33.2 Å². The summed E-state index contributed by atoms with van der Waals surface area (Å²) in [7, 11) is 0. The molecule has 0 unspecified atom stereocenters. The van der Waals surface area contributed by atoms with Gasteiger partial charge in [-0.3, -0.25) is 0 Å². The van der Waals surface area contributed by atoms with Gasteiger partial charge in [0.15, 0.2) is 0 Å². The number of allylic oxidation sites excluding steroid dienone is 2. The first-order chi connectivity index (χ1) is 37.2. The molecule has 0 spiro atoms. The van der Waals surface area contributed by atoms with Crippen molar-refractivity contribution in [2.75, 3.05) is 9.80 Å². The molecule has 6 heteroatoms. The fourth-order valence-corrected chi connectivity index (χ4v) is 11.4. The summed E-state index contributed by atoms with van der Waals surface area (Å²) in [4.78, 5) is 9.92. The van der Waals surface area contributed by atoms with Crippen molar-refractivity contribution < 1.29 is 25.8 Å². The molecule has 402 valence electrons. The van der Waals surface area contributed by atoms with Crippen LogP contribution in [0.1, 0.15) is 116 Å². The third-order valence-electron chi connectivity index (χ3n) is 16.2. The average Bonchev–Trinajstić information content (AvgIpc) is 4.27. The standard InChI is InChI=1S/C73H71N4O.Pt/c1-69(2,3)55-34-25-35-58(43-55)75-49-76(68(73(11,12)54-32-23-16-24-33-54)67(75)72(9,10)53-30-21-15-22-31-53)59-44-57(70(4,5)6)45-61(47-59)78-60-37-38-62-63-42-51(50-26-17-13-18-27-50)36-39-64(63)77(65(62)48-60)66-46-56(40-41-74-66)71(7,8)52-28-19-14-20-29-52;/h13-46,49H,1-12H3;/q-3;. The number of hydrogen-bond donors (Lipinski definition) is 0. The molecular weight excluding hydrogens is 1140 g/mol. The van der Waals surface area contributed by atoms with Crippen LogP contribution < -0.4 is 14.5 Å². The Hall–Kier alpha value is -7.46. The van der Waals surface area contributed by atoms with Crippen LogP contribution in [0, 0.1) is 18.8 Å². The zero-order chi connectivity index (χ0) is 54.8. The second-order valence-corrected chi connectivity index (χ2v) is 24.7. The van der Waals surface area contributed by atoms with Crippen LogP contribution in [0.4, 0.5) is 11.4 Å². The van der Waals surface area contributed by atoms with Gasteiger partial charge in [-0.2, -0.15) is 6.07 Å². The molecule has 1 aliphatic heterocycles. The number of rotatable bonds is 12. The summed E-state index contributed by atoms with van der Waals surface area (Å²) in [6, 6.07) is 79.7. The minimum atomic E-state index is -0.490. The summed E-state index contributed by atoms with van der Waals surface area (Å²) in [5.74, 6) is 2.01. The molecule has 0 radical (unpaired) electrons. The fourth-order valence-electron chi connectivity index (χ4n) is 11.4. The van der Waals surface area contributed by atoms with Crippen molar-refractivity contribution in [3.05, 3.63) is 270 Å². The molecule has 0 aliphatic carbocycles. The molecule has 0 fully saturated rings. The summed E-state index contributed by atoms with van der Waals surface area (Å²) < 4.78 is 9.41. The number of hydrogen-bond acceptors (Lipinski definition) is 4. The van der Waals surface area contributed by atoms with Gasteiger partial charge in [-0.25, -0.2) is 4.98 Å². The van der Waals surface area contributed by atoms with Crippen LogP contribution in [0.25, 0.3) is 38.8 Å². The molecule has 2 aromatic heterocycles. The Morgan fingerprint density at radius 2 is 0.975 bits per heavy atom. The van der Waals surface area contributed by atoms with Crippen molar-refractivity contribution in [1.29, 1.82) is 0 Å². The van der Waals surface area contributed by atoms with Crippen LogP contribution in [0.3, 0.4) is 0 Å². The van der Waals surface area contributed by atoms with Crippen molar-refractivity contribution in [2.45, 2.75) is 110 Å². The van der Waals surface area contributed by atoms with Crippen molar-refractivity contribution in [3.8, 4) is 28.4 Å². The van der Waals surface area contributed by atoms with Gasteiger partial charge in [0.05, 0.1) is 0 Å². The number of nitrogens with zero attached hydrogens (tertiary/aromatic N) is 4. The van der Waals surface area contributed by atoms with E-state index in [2.05, 4.69) is 316 Å². The van der Waals surface area contributed by atoms with Gasteiger partial charge in [-0.1, -0.05) is 234 Å². The van der Waals surface area contributed by atoms with Gasteiger partial charge in [-0.15, -0.1) is 53.6 Å². The van der Waals surface area contributed by atoms with E-state index in [0.717, 1.165) is 61.4 Å². The molecule has 11 rings (SSSR count). The summed E-state index contributed by atoms with van der Waals surface area (Å²) in [6.45, 7) is 30.0. The third-order valence-corrected chi connectivity index (χ3v) is 16.2. The molecular formula is C73H71N4OPt-3. The van der Waals surface area contributed by atoms with Crippen LogP contribution in [-0.4, -0.2) is 9.55 Å². The van der Waals surface area contributed by atoms with E-state index in [1.54, 1.807) is 0 Å². The molecule has 5 nitrogen and oxygen atoms in total. The predicted molar refractivity (Wildman–Crippen MR) is 326 cm³/mol. The molecule has 0 saturated carbocycles. The molecule has 0 atom stereocenters. The Kier molecular flexibility index (Phi) is 14.6. The van der Waals surface area contributed by atoms with Gasteiger partial charge < -0.3 is 19.1 Å². The van der Waals surface area contributed by atoms with Gasteiger partial charge in [0.25, 0.3) is 0 Å². The van der Waals surface area contributed by atoms with E-state index < -0.39 is 10.8 Å². The summed E-state index contributed by atoms with van der Waals surface area (Å²) in [6.07, 6.45) is 1.94. The number of pyridine rings is 1. The van der Waals surface area contributed by atoms with Gasteiger partial charge in [0.1, 0.15) is 5.82 Å². The maximum atomic E-state index is 7.16. The second kappa shape index (κ2) is 21.0. The molecule has 0 N–H and O–H groups in total. The van der Waals surface area contributed by atoms with Gasteiger partial charge >= 0.3 is 0 Å². The van der Waals surface area contributed by atoms with Crippen LogP contribution in [0.15, 0.2) is 218 Å². The predicted octanol–water partition coefficient (Wildman–Crippen LogP) is 18.8. The second-order valence-electron chi connectivity index (χ2n) is 24.7. The number of ether oxygens (including phenoxy) is 1. The number of anilines is 2. The van der Waals surface area contributed by atoms with Crippen LogP contribution in [0.2, 0.25) is 0 Å². The quantitative estimate of drug-likeness (QED) is 0.114. The third kappa shape index (κ3) is 10.4. The average molecular weight is 1220 g/mol. The van der Waals surface area contributed by atoms with Gasteiger partial charge in [-0.05, 0) is 85.5 Å². The van der Waals surface area contributed by atoms with Crippen LogP contribution in [0.5, 0.6) is 11.5 Å². The fraction of sp³-hybridized carbons (Fsp3) is 0.233. The minimum Gasteiger partial charge on any atom is -0.509 e. The molecule has 0 saturated heterocycles. The first-order valence-electron chi connectivity index (χ1n) is 27.4. The molecule has 8 aromatic carbocycles. The van der Waals surface area contributed by atoms with Crippen molar-refractivity contribution in [1.82, 2.24) is 9.55 Å². The van der Waals surface area contributed by atoms with Crippen molar-refractivity contribution in [2.24, 2.45) is 0 Å². The Labute approximate surface area is 483 Å². The molecule has 0 amide bonds. The van der Waals surface area contributed by atoms with E-state index in [9.17, 15) is 0 Å². The summed E-state index contributed by atoms with van der Waals surface area (Å²) >= 11 is 0. The Balaban J connectivity index is 0.00000704. The number of benzene rings is 8. The smallest absolute Gasteiger partial charge is 0.135 e. The largest absolute Gasteiger partial charge is 0.509 e. The molecule has 3 heterocycles. The van der Waals surface area contributed by atoms with E-state index in [0.29, 0.717) is 11.5 Å². The van der Waals surface area contributed by atoms with Crippen molar-refractivity contribution in [3.63, 3.8) is 0 Å². The SMILES string of the molecule is CC(C)(C)c1cc(Oc2[c-]c3c(cc2)c2cc(-c4ccccc4)ccc2n3-c2cc(C(C)(C)c3ccccc3)ccn2)[c-]c(N2[CH-]N(c3cccc(C(C)(C)C)c3)C(C(C)(C)c3ccccc3)=C2C(C)(C)c2ccccc2)c1.[Pt]. The maximum Gasteiger partial charge on any atom is 0.135 e. The van der Waals surface area contributed by atoms with Gasteiger partial charge in [0.2, 0.25) is 0 Å². The Morgan fingerprint density at radius 3 is 1.57 bits per heavy atom. The zero-order valence-corrected chi connectivity index (χ0v) is 50.0. The number of aromatic nitrogens is 2. The van der Waals surface area contributed by atoms with Crippen LogP contribution in [-0.2, 0) is 48.1 Å². The Bertz CT molecular complexity index is 3840. The first kappa shape index (κ1) is 54.9. The zero-order valence-electron chi connectivity index (χ0n) is 47.7. The summed E-state index contributed by atoms with van der Waals surface area (Å²) in [5.41, 5.74) is 14.3. The summed E-state index contributed by atoms with van der Waals surface area (Å²) in [5, 5.41) is 2.18. The van der Waals surface area contributed by atoms with Crippen LogP contribution >= 0.6 is 0 Å².